The molecular weight excluding hydrogens is 330 g/mol. The SMILES string of the molecule is CSc1nc(N[C@@H]2O[C@H](CO)[C@@H](O)[C@H](O)[C@H]2O)c(C=O)c(=O)[nH]1. The Bertz CT molecular complexity index is 623. The molecule has 0 bridgehead atoms. The summed E-state index contributed by atoms with van der Waals surface area (Å²) in [4.78, 5) is 29.3. The van der Waals surface area contributed by atoms with Crippen molar-refractivity contribution in [2.24, 2.45) is 0 Å². The number of aliphatic hydroxyl groups excluding tert-OH is 4. The minimum atomic E-state index is -1.58. The van der Waals surface area contributed by atoms with E-state index < -0.39 is 42.8 Å². The van der Waals surface area contributed by atoms with E-state index in [0.717, 1.165) is 11.8 Å². The Hall–Kier alpha value is -1.50. The molecule has 1 saturated heterocycles. The van der Waals surface area contributed by atoms with Gasteiger partial charge in [0.05, 0.1) is 6.61 Å². The summed E-state index contributed by atoms with van der Waals surface area (Å²) in [5, 5.41) is 41.3. The number of hydrogen-bond acceptors (Lipinski definition) is 10. The lowest BCUT2D eigenvalue weighted by atomic mass is 9.98. The molecule has 2 rings (SSSR count). The second kappa shape index (κ2) is 7.38. The molecule has 128 valence electrons. The molecular formula is C12H17N3O7S. The van der Waals surface area contributed by atoms with Crippen LogP contribution in [0.1, 0.15) is 10.4 Å². The van der Waals surface area contributed by atoms with Crippen LogP contribution in [0.3, 0.4) is 0 Å². The predicted molar refractivity (Wildman–Crippen MR) is 79.4 cm³/mol. The van der Waals surface area contributed by atoms with E-state index in [1.807, 2.05) is 0 Å². The average molecular weight is 347 g/mol. The molecule has 1 fully saturated rings. The maximum absolute atomic E-state index is 11.8. The smallest absolute Gasteiger partial charge is 0.264 e. The number of nitrogens with zero attached hydrogens (tertiary/aromatic N) is 1. The summed E-state index contributed by atoms with van der Waals surface area (Å²) in [7, 11) is 0. The van der Waals surface area contributed by atoms with Crippen LogP contribution in [0, 0.1) is 0 Å². The number of thioether (sulfide) groups is 1. The number of H-pyrrole nitrogens is 1. The van der Waals surface area contributed by atoms with Gasteiger partial charge in [0.15, 0.2) is 17.7 Å². The van der Waals surface area contributed by atoms with Gasteiger partial charge in [0.25, 0.3) is 5.56 Å². The highest BCUT2D eigenvalue weighted by molar-refractivity contribution is 7.98. The highest BCUT2D eigenvalue weighted by atomic mass is 32.2. The van der Waals surface area contributed by atoms with Crippen LogP contribution < -0.4 is 10.9 Å². The van der Waals surface area contributed by atoms with Crippen LogP contribution in [-0.2, 0) is 4.74 Å². The van der Waals surface area contributed by atoms with Crippen molar-refractivity contribution in [1.29, 1.82) is 0 Å². The summed E-state index contributed by atoms with van der Waals surface area (Å²) < 4.78 is 5.25. The van der Waals surface area contributed by atoms with Crippen LogP contribution >= 0.6 is 11.8 Å². The number of aliphatic hydroxyl groups is 4. The standard InChI is InChI=1S/C12H17N3O7S/c1-23-12-14-9(4(2-16)10(21)15-12)13-11-8(20)7(19)6(18)5(3-17)22-11/h2,5-8,11,17-20H,3H2,1H3,(H2,13,14,15,21)/t5-,6-,7+,8-,11-/m1/s1. The third kappa shape index (κ3) is 3.54. The van der Waals surface area contributed by atoms with Gasteiger partial charge in [0.2, 0.25) is 0 Å². The molecule has 2 heterocycles. The summed E-state index contributed by atoms with van der Waals surface area (Å²) in [5.74, 6) is -0.141. The quantitative estimate of drug-likeness (QED) is 0.191. The monoisotopic (exact) mass is 347 g/mol. The molecule has 0 saturated carbocycles. The van der Waals surface area contributed by atoms with Crippen molar-refractivity contribution >= 4 is 23.9 Å². The number of hydrogen-bond donors (Lipinski definition) is 6. The van der Waals surface area contributed by atoms with E-state index >= 15 is 0 Å². The molecule has 0 aromatic carbocycles. The Morgan fingerprint density at radius 1 is 1.35 bits per heavy atom. The van der Waals surface area contributed by atoms with Crippen LogP contribution in [0.25, 0.3) is 0 Å². The number of rotatable bonds is 5. The zero-order valence-corrected chi connectivity index (χ0v) is 12.9. The molecule has 0 unspecified atom stereocenters. The lowest BCUT2D eigenvalue weighted by Crippen LogP contribution is -2.60. The zero-order chi connectivity index (χ0) is 17.1. The molecule has 0 amide bonds. The zero-order valence-electron chi connectivity index (χ0n) is 12.0. The average Bonchev–Trinajstić information content (AvgIpc) is 2.54. The number of carbonyl (C=O) groups excluding carboxylic acids is 1. The molecule has 23 heavy (non-hydrogen) atoms. The van der Waals surface area contributed by atoms with Gasteiger partial charge >= 0.3 is 0 Å². The number of aldehydes is 1. The number of nitrogens with one attached hydrogen (secondary N) is 2. The van der Waals surface area contributed by atoms with E-state index in [9.17, 15) is 24.9 Å². The first-order valence-electron chi connectivity index (χ1n) is 6.63. The van der Waals surface area contributed by atoms with Crippen LogP contribution in [-0.4, -0.2) is 80.2 Å². The first-order valence-corrected chi connectivity index (χ1v) is 7.86. The van der Waals surface area contributed by atoms with Crippen molar-refractivity contribution in [2.75, 3.05) is 18.2 Å². The van der Waals surface area contributed by atoms with E-state index in [4.69, 9.17) is 9.84 Å². The molecule has 10 nitrogen and oxygen atoms in total. The molecule has 1 aromatic heterocycles. The van der Waals surface area contributed by atoms with Crippen LogP contribution in [0.2, 0.25) is 0 Å². The number of anilines is 1. The third-order valence-corrected chi connectivity index (χ3v) is 4.00. The second-order valence-corrected chi connectivity index (χ2v) is 5.64. The Balaban J connectivity index is 2.32. The molecule has 0 radical (unpaired) electrons. The van der Waals surface area contributed by atoms with Crippen molar-refractivity contribution in [2.45, 2.75) is 35.8 Å². The maximum atomic E-state index is 11.8. The van der Waals surface area contributed by atoms with Gasteiger partial charge in [-0.1, -0.05) is 11.8 Å². The third-order valence-electron chi connectivity index (χ3n) is 3.42. The van der Waals surface area contributed by atoms with Crippen LogP contribution in [0.4, 0.5) is 5.82 Å². The lowest BCUT2D eigenvalue weighted by Gasteiger charge is -2.40. The van der Waals surface area contributed by atoms with Gasteiger partial charge in [-0.15, -0.1) is 0 Å². The molecule has 1 aromatic rings. The molecule has 1 aliphatic rings. The van der Waals surface area contributed by atoms with E-state index in [0.29, 0.717) is 6.29 Å². The molecule has 6 N–H and O–H groups in total. The predicted octanol–water partition coefficient (Wildman–Crippen LogP) is -2.48. The number of aromatic nitrogens is 2. The van der Waals surface area contributed by atoms with Gasteiger partial charge in [-0.25, -0.2) is 4.98 Å². The van der Waals surface area contributed by atoms with E-state index in [2.05, 4.69) is 15.3 Å². The number of aromatic amines is 1. The minimum absolute atomic E-state index is 0.141. The maximum Gasteiger partial charge on any atom is 0.264 e. The molecule has 0 spiro atoms. The van der Waals surface area contributed by atoms with Crippen molar-refractivity contribution < 1.29 is 30.0 Å². The second-order valence-electron chi connectivity index (χ2n) is 4.85. The fourth-order valence-electron chi connectivity index (χ4n) is 2.13. The highest BCUT2D eigenvalue weighted by Crippen LogP contribution is 2.23. The van der Waals surface area contributed by atoms with Gasteiger partial charge in [0.1, 0.15) is 35.8 Å². The molecule has 5 atom stereocenters. The largest absolute Gasteiger partial charge is 0.394 e. The fraction of sp³-hybridized carbons (Fsp3) is 0.583. The van der Waals surface area contributed by atoms with Gasteiger partial charge in [-0.3, -0.25) is 9.59 Å². The summed E-state index contributed by atoms with van der Waals surface area (Å²) in [6, 6.07) is 0. The minimum Gasteiger partial charge on any atom is -0.394 e. The highest BCUT2D eigenvalue weighted by Gasteiger charge is 2.43. The van der Waals surface area contributed by atoms with Crippen molar-refractivity contribution in [3.05, 3.63) is 15.9 Å². The normalized spacial score (nSPS) is 30.9. The Morgan fingerprint density at radius 3 is 2.61 bits per heavy atom. The topological polar surface area (TPSA) is 165 Å². The van der Waals surface area contributed by atoms with Gasteiger partial charge < -0.3 is 35.5 Å². The molecule has 11 heteroatoms. The van der Waals surface area contributed by atoms with E-state index in [1.165, 1.54) is 0 Å². The summed E-state index contributed by atoms with van der Waals surface area (Å²) in [6.07, 6.45) is -5.10. The summed E-state index contributed by atoms with van der Waals surface area (Å²) in [6.45, 7) is -0.595. The Kier molecular flexibility index (Phi) is 5.73. The first kappa shape index (κ1) is 17.8. The fourth-order valence-corrected chi connectivity index (χ4v) is 2.51. The van der Waals surface area contributed by atoms with Gasteiger partial charge in [-0.2, -0.15) is 0 Å². The van der Waals surface area contributed by atoms with Gasteiger partial charge in [-0.05, 0) is 6.26 Å². The van der Waals surface area contributed by atoms with E-state index in [-0.39, 0.29) is 16.5 Å². The first-order chi connectivity index (χ1) is 10.9. The van der Waals surface area contributed by atoms with Crippen LogP contribution in [0.15, 0.2) is 9.95 Å². The number of carbonyl (C=O) groups is 1. The molecule has 1 aliphatic heterocycles. The lowest BCUT2D eigenvalue weighted by molar-refractivity contribution is -0.221. The van der Waals surface area contributed by atoms with Crippen molar-refractivity contribution in [3.63, 3.8) is 0 Å². The van der Waals surface area contributed by atoms with Crippen molar-refractivity contribution in [1.82, 2.24) is 9.97 Å². The molecule has 0 aliphatic carbocycles. The number of ether oxygens (including phenoxy) is 1. The Labute approximate surface area is 134 Å². The summed E-state index contributed by atoms with van der Waals surface area (Å²) in [5.41, 5.74) is -0.980. The summed E-state index contributed by atoms with van der Waals surface area (Å²) >= 11 is 1.13. The van der Waals surface area contributed by atoms with E-state index in [1.54, 1.807) is 6.26 Å². The van der Waals surface area contributed by atoms with Gasteiger partial charge in [0, 0.05) is 0 Å². The van der Waals surface area contributed by atoms with Crippen LogP contribution in [0.5, 0.6) is 0 Å². The Morgan fingerprint density at radius 2 is 2.04 bits per heavy atom. The van der Waals surface area contributed by atoms with Crippen molar-refractivity contribution in [3.8, 4) is 0 Å².